The number of methoxy groups -OCH3 is 1. The van der Waals surface area contributed by atoms with Gasteiger partial charge in [-0.05, 0) is 44.7 Å². The number of imidazole rings is 1. The number of carbonyl (C=O) groups is 1. The van der Waals surface area contributed by atoms with Crippen LogP contribution >= 0.6 is 0 Å². The summed E-state index contributed by atoms with van der Waals surface area (Å²) in [5.74, 6) is -0.171. The van der Waals surface area contributed by atoms with Crippen LogP contribution < -0.4 is 44.5 Å². The van der Waals surface area contributed by atoms with Gasteiger partial charge in [0.15, 0.2) is 11.5 Å². The number of carbonyl (C=O) groups excluding carboxylic acids is 1. The molecule has 0 radical (unpaired) electrons. The molecule has 2 aliphatic carbocycles. The number of nitrogens with zero attached hydrogens (tertiary/aromatic N) is 8. The minimum absolute atomic E-state index is 0. The van der Waals surface area contributed by atoms with E-state index in [9.17, 15) is 23.1 Å². The van der Waals surface area contributed by atoms with Gasteiger partial charge in [0.05, 0.1) is 47.6 Å². The van der Waals surface area contributed by atoms with Crippen molar-refractivity contribution in [2.45, 2.75) is 70.0 Å². The summed E-state index contributed by atoms with van der Waals surface area (Å²) in [4.78, 5) is 43.7. The maximum absolute atomic E-state index is 14.3. The summed E-state index contributed by atoms with van der Waals surface area (Å²) in [6, 6.07) is 3.00. The zero-order valence-corrected chi connectivity index (χ0v) is 32.2. The first kappa shape index (κ1) is 38.4. The normalized spacial score (nSPS) is 19.4. The van der Waals surface area contributed by atoms with Gasteiger partial charge in [-0.2, -0.15) is 13.2 Å². The van der Waals surface area contributed by atoms with Gasteiger partial charge in [-0.1, -0.05) is 19.3 Å². The van der Waals surface area contributed by atoms with Crippen molar-refractivity contribution in [3.8, 4) is 22.8 Å². The van der Waals surface area contributed by atoms with Crippen molar-refractivity contribution >= 4 is 28.6 Å². The van der Waals surface area contributed by atoms with Gasteiger partial charge in [0, 0.05) is 76.0 Å². The summed E-state index contributed by atoms with van der Waals surface area (Å²) in [6.45, 7) is 4.90. The van der Waals surface area contributed by atoms with Crippen LogP contribution in [0.15, 0.2) is 30.7 Å². The second-order valence-corrected chi connectivity index (χ2v) is 14.5. The monoisotopic (exact) mass is 729 g/mol. The SMILES string of the molecule is COCC1(CN(C)c2cc(-c3cnc(C4CC4)c(C(F)(F)F)c3)nc3nc(-c4cnc(N5CCN(CC(=O)[O-])C[C@H]5C)cn4)[nH]c23)CCCCC1.[Na+]. The quantitative estimate of drug-likeness (QED) is 0.226. The minimum atomic E-state index is -4.54. The second kappa shape index (κ2) is 15.5. The molecule has 7 rings (SSSR count). The molecule has 3 fully saturated rings. The van der Waals surface area contributed by atoms with Crippen molar-refractivity contribution in [3.05, 3.63) is 42.0 Å². The van der Waals surface area contributed by atoms with Crippen LogP contribution in [0.2, 0.25) is 0 Å². The molecule has 0 amide bonds. The van der Waals surface area contributed by atoms with Crippen molar-refractivity contribution in [1.82, 2.24) is 34.8 Å². The first-order valence-corrected chi connectivity index (χ1v) is 17.6. The van der Waals surface area contributed by atoms with Crippen molar-refractivity contribution < 1.29 is 57.4 Å². The molecule has 0 aromatic carbocycles. The molecule has 0 bridgehead atoms. The van der Waals surface area contributed by atoms with Gasteiger partial charge in [0.25, 0.3) is 0 Å². The number of anilines is 2. The Morgan fingerprint density at radius 1 is 1.06 bits per heavy atom. The van der Waals surface area contributed by atoms with E-state index >= 15 is 0 Å². The summed E-state index contributed by atoms with van der Waals surface area (Å²) in [5.41, 5.74) is 2.16. The third kappa shape index (κ3) is 8.23. The van der Waals surface area contributed by atoms with Crippen LogP contribution in [0.25, 0.3) is 33.9 Å². The van der Waals surface area contributed by atoms with Crippen molar-refractivity contribution in [1.29, 1.82) is 0 Å². The molecule has 1 atom stereocenters. The third-order valence-corrected chi connectivity index (χ3v) is 10.5. The number of halogens is 3. The smallest absolute Gasteiger partial charge is 0.549 e. The van der Waals surface area contributed by atoms with Gasteiger partial charge in [-0.3, -0.25) is 9.88 Å². The topological polar surface area (TPSA) is 139 Å². The summed E-state index contributed by atoms with van der Waals surface area (Å²) in [6.07, 6.45) is 7.13. The van der Waals surface area contributed by atoms with Gasteiger partial charge < -0.3 is 29.4 Å². The Balaban J connectivity index is 0.00000464. The molecule has 4 aromatic heterocycles. The number of alkyl halides is 3. The van der Waals surface area contributed by atoms with Crippen molar-refractivity contribution in [3.63, 3.8) is 0 Å². The average Bonchev–Trinajstić information content (AvgIpc) is 3.85. The fourth-order valence-electron chi connectivity index (χ4n) is 7.90. The number of carboxylic acids is 1. The molecule has 1 saturated heterocycles. The Hall–Kier alpha value is -3.37. The second-order valence-electron chi connectivity index (χ2n) is 14.5. The van der Waals surface area contributed by atoms with Gasteiger partial charge >= 0.3 is 35.7 Å². The Morgan fingerprint density at radius 3 is 2.46 bits per heavy atom. The number of aromatic nitrogens is 6. The Labute approximate surface area is 322 Å². The Morgan fingerprint density at radius 2 is 1.83 bits per heavy atom. The van der Waals surface area contributed by atoms with Crippen LogP contribution in [0.4, 0.5) is 24.7 Å². The van der Waals surface area contributed by atoms with E-state index in [1.807, 2.05) is 24.9 Å². The van der Waals surface area contributed by atoms with Gasteiger partial charge in [0.2, 0.25) is 0 Å². The van der Waals surface area contributed by atoms with Gasteiger partial charge in [0.1, 0.15) is 17.0 Å². The zero-order chi connectivity index (χ0) is 35.9. The Kier molecular flexibility index (Phi) is 11.5. The number of hydrogen-bond acceptors (Lipinski definition) is 11. The molecular formula is C36H43F3N9NaO3. The molecule has 0 spiro atoms. The maximum atomic E-state index is 14.3. The summed E-state index contributed by atoms with van der Waals surface area (Å²) in [5, 5.41) is 11.1. The van der Waals surface area contributed by atoms with E-state index in [0.717, 1.165) is 31.4 Å². The molecule has 52 heavy (non-hydrogen) atoms. The predicted octanol–water partition coefficient (Wildman–Crippen LogP) is 1.67. The number of pyridine rings is 2. The average molecular weight is 730 g/mol. The number of nitrogens with one attached hydrogen (secondary N) is 1. The van der Waals surface area contributed by atoms with E-state index < -0.39 is 17.7 Å². The fraction of sp³-hybridized carbons (Fsp3) is 0.556. The minimum Gasteiger partial charge on any atom is -0.549 e. The van der Waals surface area contributed by atoms with Crippen LogP contribution in [-0.4, -0.2) is 100 Å². The first-order valence-electron chi connectivity index (χ1n) is 17.6. The number of aliphatic carboxylic acids is 1. The van der Waals surface area contributed by atoms with E-state index in [0.29, 0.717) is 79.8 Å². The largest absolute Gasteiger partial charge is 1.00 e. The molecule has 3 aliphatic rings. The van der Waals surface area contributed by atoms with E-state index in [4.69, 9.17) is 14.7 Å². The summed E-state index contributed by atoms with van der Waals surface area (Å²) >= 11 is 0. The predicted molar refractivity (Wildman–Crippen MR) is 184 cm³/mol. The van der Waals surface area contributed by atoms with E-state index in [2.05, 4.69) is 29.7 Å². The van der Waals surface area contributed by atoms with Crippen LogP contribution in [0.3, 0.4) is 0 Å². The third-order valence-electron chi connectivity index (χ3n) is 10.5. The standard InChI is InChI=1S/C36H44F3N9O3.Na/c1-22-18-47(19-30(49)50)11-12-48(22)29-17-40-27(16-41-29)33-44-32-28(46(2)20-35(21-51-3)9-5-4-6-10-35)14-26(43-34(32)45-33)24-13-25(36(37,38)39)31(42-15-24)23-7-8-23;/h13-17,22-23H,4-12,18-21H2,1-3H3,(H,49,50)(H,43,44,45);/q;+1/p-1/t22-;/m1./s1. The number of rotatable bonds is 11. The van der Waals surface area contributed by atoms with Crippen molar-refractivity contribution in [2.24, 2.45) is 5.41 Å². The molecule has 2 saturated carbocycles. The number of fused-ring (bicyclic) bond motifs is 1. The molecule has 4 aromatic rings. The molecule has 1 aliphatic heterocycles. The molecular weight excluding hydrogens is 686 g/mol. The number of aromatic amines is 1. The number of H-pyrrole nitrogens is 1. The van der Waals surface area contributed by atoms with Crippen LogP contribution in [-0.2, 0) is 15.7 Å². The first-order chi connectivity index (χ1) is 24.4. The maximum Gasteiger partial charge on any atom is 1.00 e. The van der Waals surface area contributed by atoms with Gasteiger partial charge in [-0.15, -0.1) is 0 Å². The molecule has 1 N–H and O–H groups in total. The summed E-state index contributed by atoms with van der Waals surface area (Å²) in [7, 11) is 3.71. The van der Waals surface area contributed by atoms with E-state index in [-0.39, 0.29) is 64.7 Å². The Bertz CT molecular complexity index is 1880. The van der Waals surface area contributed by atoms with Crippen molar-refractivity contribution in [2.75, 3.05) is 63.3 Å². The van der Waals surface area contributed by atoms with Crippen LogP contribution in [0.1, 0.15) is 69.0 Å². The van der Waals surface area contributed by atoms with Gasteiger partial charge in [-0.25, -0.2) is 19.9 Å². The number of piperazine rings is 1. The number of hydrogen-bond donors (Lipinski definition) is 1. The molecule has 0 unspecified atom stereocenters. The molecule has 16 heteroatoms. The number of carboxylic acid groups (broad SMARTS) is 1. The van der Waals surface area contributed by atoms with E-state index in [1.54, 1.807) is 19.5 Å². The van der Waals surface area contributed by atoms with Crippen LogP contribution in [0.5, 0.6) is 0 Å². The number of ether oxygens (including phenoxy) is 1. The molecule has 12 nitrogen and oxygen atoms in total. The molecule has 272 valence electrons. The van der Waals surface area contributed by atoms with E-state index in [1.165, 1.54) is 18.7 Å². The molecule has 5 heterocycles. The zero-order valence-electron chi connectivity index (χ0n) is 30.2. The van der Waals surface area contributed by atoms with Crippen LogP contribution in [0, 0.1) is 5.41 Å². The fourth-order valence-corrected chi connectivity index (χ4v) is 7.90. The summed E-state index contributed by atoms with van der Waals surface area (Å²) < 4.78 is 48.5.